The highest BCUT2D eigenvalue weighted by Gasteiger charge is 2.22. The third-order valence-electron chi connectivity index (χ3n) is 3.94. The summed E-state index contributed by atoms with van der Waals surface area (Å²) >= 11 is 0. The fourth-order valence-corrected chi connectivity index (χ4v) is 2.50. The molecule has 0 aromatic heterocycles. The number of esters is 1. The summed E-state index contributed by atoms with van der Waals surface area (Å²) in [5, 5.41) is 2.86. The number of methoxy groups -OCH3 is 2. The Morgan fingerprint density at radius 2 is 1.69 bits per heavy atom. The van der Waals surface area contributed by atoms with Crippen molar-refractivity contribution in [2.24, 2.45) is 5.92 Å². The maximum Gasteiger partial charge on any atom is 0.322 e. The van der Waals surface area contributed by atoms with Crippen LogP contribution in [0.25, 0.3) is 0 Å². The van der Waals surface area contributed by atoms with Gasteiger partial charge in [0.15, 0.2) is 0 Å². The van der Waals surface area contributed by atoms with Gasteiger partial charge in [-0.15, -0.1) is 0 Å². The van der Waals surface area contributed by atoms with Crippen LogP contribution in [0.15, 0.2) is 54.6 Å². The molecule has 0 saturated heterocycles. The van der Waals surface area contributed by atoms with Gasteiger partial charge in [-0.1, -0.05) is 37.3 Å². The smallest absolute Gasteiger partial charge is 0.322 e. The number of benzene rings is 2. The summed E-state index contributed by atoms with van der Waals surface area (Å²) in [4.78, 5) is 26.1. The first-order chi connectivity index (χ1) is 12.5. The minimum absolute atomic E-state index is 0.247. The number of hydrogen-bond acceptors (Lipinski definition) is 4. The molecule has 2 aromatic rings. The number of hydrogen-bond donors (Lipinski definition) is 1. The highest BCUT2D eigenvalue weighted by molar-refractivity contribution is 5.89. The Labute approximate surface area is 153 Å². The molecule has 1 unspecified atom stereocenters. The van der Waals surface area contributed by atoms with E-state index in [0.717, 1.165) is 11.3 Å². The predicted octanol–water partition coefficient (Wildman–Crippen LogP) is 3.54. The van der Waals surface area contributed by atoms with Crippen molar-refractivity contribution < 1.29 is 19.1 Å². The number of urea groups is 1. The number of carbonyl (C=O) groups is 2. The summed E-state index contributed by atoms with van der Waals surface area (Å²) in [6, 6.07) is 16.4. The van der Waals surface area contributed by atoms with Crippen molar-refractivity contribution in [2.45, 2.75) is 13.5 Å². The van der Waals surface area contributed by atoms with Gasteiger partial charge in [0.05, 0.1) is 20.1 Å². The number of anilines is 1. The first kappa shape index (κ1) is 19.3. The van der Waals surface area contributed by atoms with Crippen molar-refractivity contribution >= 4 is 17.7 Å². The molecule has 0 saturated carbocycles. The predicted molar refractivity (Wildman–Crippen MR) is 100 cm³/mol. The van der Waals surface area contributed by atoms with Gasteiger partial charge < -0.3 is 19.7 Å². The summed E-state index contributed by atoms with van der Waals surface area (Å²) in [5.74, 6) is -0.0334. The monoisotopic (exact) mass is 356 g/mol. The van der Waals surface area contributed by atoms with Crippen molar-refractivity contribution in [2.75, 3.05) is 26.1 Å². The number of rotatable bonds is 7. The van der Waals surface area contributed by atoms with Crippen LogP contribution in [0.1, 0.15) is 12.5 Å². The van der Waals surface area contributed by atoms with E-state index in [1.54, 1.807) is 18.9 Å². The fourth-order valence-electron chi connectivity index (χ4n) is 2.50. The number of para-hydroxylation sites is 1. The summed E-state index contributed by atoms with van der Waals surface area (Å²) < 4.78 is 9.93. The van der Waals surface area contributed by atoms with Gasteiger partial charge in [-0.3, -0.25) is 4.79 Å². The average molecular weight is 356 g/mol. The van der Waals surface area contributed by atoms with Gasteiger partial charge in [0, 0.05) is 18.8 Å². The van der Waals surface area contributed by atoms with E-state index in [9.17, 15) is 9.59 Å². The van der Waals surface area contributed by atoms with Crippen molar-refractivity contribution in [3.8, 4) is 5.75 Å². The number of nitrogens with one attached hydrogen (secondary N) is 1. The Hall–Kier alpha value is -3.02. The molecule has 6 nitrogen and oxygen atoms in total. The van der Waals surface area contributed by atoms with Gasteiger partial charge in [-0.25, -0.2) is 4.79 Å². The molecule has 0 aliphatic carbocycles. The van der Waals surface area contributed by atoms with Crippen molar-refractivity contribution in [3.05, 3.63) is 60.2 Å². The van der Waals surface area contributed by atoms with Gasteiger partial charge in [0.1, 0.15) is 5.75 Å². The third kappa shape index (κ3) is 5.51. The molecule has 26 heavy (non-hydrogen) atoms. The number of carbonyl (C=O) groups excluding carboxylic acids is 2. The van der Waals surface area contributed by atoms with Crippen LogP contribution in [0, 0.1) is 5.92 Å². The molecule has 2 rings (SSSR count). The molecule has 6 heteroatoms. The molecule has 0 radical (unpaired) electrons. The Kier molecular flexibility index (Phi) is 7.02. The van der Waals surface area contributed by atoms with Crippen LogP contribution in [0.5, 0.6) is 5.75 Å². The summed E-state index contributed by atoms with van der Waals surface area (Å²) in [6.07, 6.45) is 0. The van der Waals surface area contributed by atoms with E-state index < -0.39 is 5.92 Å². The molecule has 0 heterocycles. The van der Waals surface area contributed by atoms with Crippen LogP contribution < -0.4 is 10.1 Å². The lowest BCUT2D eigenvalue weighted by Gasteiger charge is -2.25. The van der Waals surface area contributed by atoms with E-state index in [-0.39, 0.29) is 18.5 Å². The van der Waals surface area contributed by atoms with Crippen LogP contribution in [-0.2, 0) is 16.1 Å². The van der Waals surface area contributed by atoms with Gasteiger partial charge >= 0.3 is 12.0 Å². The van der Waals surface area contributed by atoms with Gasteiger partial charge in [-0.2, -0.15) is 0 Å². The second kappa shape index (κ2) is 9.46. The SMILES string of the molecule is COC(=O)C(C)CN(Cc1ccc(OC)cc1)C(=O)Nc1ccccc1. The topological polar surface area (TPSA) is 67.9 Å². The van der Waals surface area contributed by atoms with Crippen LogP contribution in [0.3, 0.4) is 0 Å². The number of nitrogens with zero attached hydrogens (tertiary/aromatic N) is 1. The van der Waals surface area contributed by atoms with Crippen LogP contribution in [0.2, 0.25) is 0 Å². The molecular formula is C20H24N2O4. The van der Waals surface area contributed by atoms with E-state index in [1.165, 1.54) is 7.11 Å². The summed E-state index contributed by atoms with van der Waals surface area (Å²) in [6.45, 7) is 2.35. The van der Waals surface area contributed by atoms with Crippen molar-refractivity contribution in [3.63, 3.8) is 0 Å². The third-order valence-corrected chi connectivity index (χ3v) is 3.94. The fraction of sp³-hybridized carbons (Fsp3) is 0.300. The second-order valence-corrected chi connectivity index (χ2v) is 5.95. The average Bonchev–Trinajstić information content (AvgIpc) is 2.68. The lowest BCUT2D eigenvalue weighted by atomic mass is 10.1. The minimum atomic E-state index is -0.431. The Balaban J connectivity index is 2.13. The molecule has 0 aliphatic rings. The molecule has 138 valence electrons. The zero-order valence-electron chi connectivity index (χ0n) is 15.3. The van der Waals surface area contributed by atoms with Crippen molar-refractivity contribution in [1.29, 1.82) is 0 Å². The molecule has 1 N–H and O–H groups in total. The summed E-state index contributed by atoms with van der Waals surface area (Å²) in [5.41, 5.74) is 1.63. The zero-order valence-corrected chi connectivity index (χ0v) is 15.3. The first-order valence-corrected chi connectivity index (χ1v) is 8.35. The van der Waals surface area contributed by atoms with E-state index in [1.807, 2.05) is 54.6 Å². The van der Waals surface area contributed by atoms with Gasteiger partial charge in [0.25, 0.3) is 0 Å². The van der Waals surface area contributed by atoms with Crippen LogP contribution >= 0.6 is 0 Å². The molecule has 1 atom stereocenters. The number of ether oxygens (including phenoxy) is 2. The number of amides is 2. The standard InChI is InChI=1S/C20H24N2O4/c1-15(19(23)26-3)13-22(14-16-9-11-18(25-2)12-10-16)20(24)21-17-7-5-4-6-8-17/h4-12,15H,13-14H2,1-3H3,(H,21,24). The Bertz CT molecular complexity index is 716. The summed E-state index contributed by atoms with van der Waals surface area (Å²) in [7, 11) is 2.95. The van der Waals surface area contributed by atoms with Crippen LogP contribution in [-0.4, -0.2) is 37.7 Å². The normalized spacial score (nSPS) is 11.3. The maximum absolute atomic E-state index is 12.7. The minimum Gasteiger partial charge on any atom is -0.497 e. The van der Waals surface area contributed by atoms with Crippen molar-refractivity contribution in [1.82, 2.24) is 4.90 Å². The molecule has 0 aliphatic heterocycles. The second-order valence-electron chi connectivity index (χ2n) is 5.95. The largest absolute Gasteiger partial charge is 0.497 e. The molecule has 0 spiro atoms. The Morgan fingerprint density at radius 3 is 2.27 bits per heavy atom. The maximum atomic E-state index is 12.7. The quantitative estimate of drug-likeness (QED) is 0.771. The van der Waals surface area contributed by atoms with Gasteiger partial charge in [-0.05, 0) is 29.8 Å². The molecule has 0 bridgehead atoms. The molecule has 2 aromatic carbocycles. The lowest BCUT2D eigenvalue weighted by molar-refractivity contribution is -0.145. The molecule has 0 fully saturated rings. The van der Waals surface area contributed by atoms with E-state index in [0.29, 0.717) is 12.2 Å². The zero-order chi connectivity index (χ0) is 18.9. The molecule has 2 amide bonds. The Morgan fingerprint density at radius 1 is 1.04 bits per heavy atom. The van der Waals surface area contributed by atoms with E-state index in [4.69, 9.17) is 9.47 Å². The molecular weight excluding hydrogens is 332 g/mol. The van der Waals surface area contributed by atoms with Crippen LogP contribution in [0.4, 0.5) is 10.5 Å². The van der Waals surface area contributed by atoms with E-state index in [2.05, 4.69) is 5.32 Å². The van der Waals surface area contributed by atoms with Gasteiger partial charge in [0.2, 0.25) is 0 Å². The highest BCUT2D eigenvalue weighted by Crippen LogP contribution is 2.16. The first-order valence-electron chi connectivity index (χ1n) is 8.35. The van der Waals surface area contributed by atoms with E-state index >= 15 is 0 Å². The highest BCUT2D eigenvalue weighted by atomic mass is 16.5. The lowest BCUT2D eigenvalue weighted by Crippen LogP contribution is -2.39.